The summed E-state index contributed by atoms with van der Waals surface area (Å²) in [4.78, 5) is 19.1. The molecule has 0 bridgehead atoms. The summed E-state index contributed by atoms with van der Waals surface area (Å²) in [5, 5.41) is 0.867. The third-order valence-corrected chi connectivity index (χ3v) is 5.12. The first-order valence-electron chi connectivity index (χ1n) is 8.58. The van der Waals surface area contributed by atoms with Crippen molar-refractivity contribution in [3.63, 3.8) is 0 Å². The lowest BCUT2D eigenvalue weighted by atomic mass is 9.92. The quantitative estimate of drug-likeness (QED) is 0.836. The highest BCUT2D eigenvalue weighted by molar-refractivity contribution is 6.35. The van der Waals surface area contributed by atoms with Crippen LogP contribution in [0, 0.1) is 5.92 Å². The molecule has 2 atom stereocenters. The van der Waals surface area contributed by atoms with Crippen LogP contribution in [0.2, 0.25) is 10.0 Å². The number of hydrogen-bond acceptors (Lipinski definition) is 4. The predicted molar refractivity (Wildman–Crippen MR) is 103 cm³/mol. The summed E-state index contributed by atoms with van der Waals surface area (Å²) in [6, 6.07) is 8.40. The maximum absolute atomic E-state index is 13.0. The fourth-order valence-corrected chi connectivity index (χ4v) is 3.54. The lowest BCUT2D eigenvalue weighted by Gasteiger charge is -2.34. The van der Waals surface area contributed by atoms with Crippen molar-refractivity contribution in [2.75, 3.05) is 13.1 Å². The molecule has 2 aromatic rings. The SMILES string of the molecule is C[C@@H](N)[C@H]1CCCN(C(=O)c2cccnc2Oc2ccc(Cl)cc2Cl)C1. The van der Waals surface area contributed by atoms with Crippen molar-refractivity contribution >= 4 is 29.1 Å². The van der Waals surface area contributed by atoms with E-state index in [9.17, 15) is 4.79 Å². The van der Waals surface area contributed by atoms with Gasteiger partial charge in [-0.1, -0.05) is 23.2 Å². The second-order valence-corrected chi connectivity index (χ2v) is 7.39. The van der Waals surface area contributed by atoms with E-state index in [1.807, 2.05) is 11.8 Å². The monoisotopic (exact) mass is 393 g/mol. The lowest BCUT2D eigenvalue weighted by molar-refractivity contribution is 0.0657. The fraction of sp³-hybridized carbons (Fsp3) is 0.368. The normalized spacial score (nSPS) is 18.5. The van der Waals surface area contributed by atoms with Gasteiger partial charge in [-0.3, -0.25) is 4.79 Å². The molecular formula is C19H21Cl2N3O2. The molecule has 5 nitrogen and oxygen atoms in total. The number of aromatic nitrogens is 1. The Morgan fingerprint density at radius 2 is 2.19 bits per heavy atom. The first-order valence-corrected chi connectivity index (χ1v) is 9.34. The molecule has 1 aromatic heterocycles. The zero-order valence-electron chi connectivity index (χ0n) is 14.5. The van der Waals surface area contributed by atoms with Gasteiger partial charge >= 0.3 is 0 Å². The molecule has 0 aliphatic carbocycles. The van der Waals surface area contributed by atoms with Crippen molar-refractivity contribution < 1.29 is 9.53 Å². The number of halogens is 2. The third kappa shape index (κ3) is 4.29. The van der Waals surface area contributed by atoms with E-state index in [-0.39, 0.29) is 17.8 Å². The second-order valence-electron chi connectivity index (χ2n) is 6.55. The van der Waals surface area contributed by atoms with Gasteiger partial charge < -0.3 is 15.4 Å². The maximum atomic E-state index is 13.0. The molecule has 3 rings (SSSR count). The average molecular weight is 394 g/mol. The molecule has 0 saturated carbocycles. The Kier molecular flexibility index (Phi) is 6.01. The van der Waals surface area contributed by atoms with Gasteiger partial charge in [0.15, 0.2) is 0 Å². The van der Waals surface area contributed by atoms with Crippen LogP contribution in [-0.4, -0.2) is 34.9 Å². The molecule has 1 aliphatic heterocycles. The summed E-state index contributed by atoms with van der Waals surface area (Å²) >= 11 is 12.1. The van der Waals surface area contributed by atoms with Crippen LogP contribution in [0.25, 0.3) is 0 Å². The van der Waals surface area contributed by atoms with E-state index in [1.165, 1.54) is 0 Å². The number of carbonyl (C=O) groups excluding carboxylic acids is 1. The molecule has 0 spiro atoms. The molecule has 1 amide bonds. The van der Waals surface area contributed by atoms with Crippen molar-refractivity contribution in [2.24, 2.45) is 11.7 Å². The van der Waals surface area contributed by atoms with E-state index >= 15 is 0 Å². The minimum atomic E-state index is -0.108. The van der Waals surface area contributed by atoms with E-state index in [4.69, 9.17) is 33.7 Å². The van der Waals surface area contributed by atoms with Crippen LogP contribution in [0.4, 0.5) is 0 Å². The van der Waals surface area contributed by atoms with Gasteiger partial charge in [0, 0.05) is 30.4 Å². The van der Waals surface area contributed by atoms with Crippen molar-refractivity contribution in [2.45, 2.75) is 25.8 Å². The molecule has 1 aliphatic rings. The first-order chi connectivity index (χ1) is 12.5. The molecular weight excluding hydrogens is 373 g/mol. The van der Waals surface area contributed by atoms with Crippen LogP contribution >= 0.6 is 23.2 Å². The number of nitrogens with zero attached hydrogens (tertiary/aromatic N) is 2. The highest BCUT2D eigenvalue weighted by Crippen LogP contribution is 2.32. The number of rotatable bonds is 4. The van der Waals surface area contributed by atoms with Crippen LogP contribution in [-0.2, 0) is 0 Å². The molecule has 2 heterocycles. The van der Waals surface area contributed by atoms with Crippen molar-refractivity contribution in [3.8, 4) is 11.6 Å². The molecule has 2 N–H and O–H groups in total. The van der Waals surface area contributed by atoms with Gasteiger partial charge in [-0.2, -0.15) is 0 Å². The number of carbonyl (C=O) groups is 1. The Morgan fingerprint density at radius 1 is 1.38 bits per heavy atom. The Balaban J connectivity index is 1.83. The average Bonchev–Trinajstić information content (AvgIpc) is 2.64. The largest absolute Gasteiger partial charge is 0.437 e. The van der Waals surface area contributed by atoms with Crippen LogP contribution in [0.1, 0.15) is 30.1 Å². The van der Waals surface area contributed by atoms with Crippen molar-refractivity contribution in [1.82, 2.24) is 9.88 Å². The van der Waals surface area contributed by atoms with E-state index in [0.29, 0.717) is 40.4 Å². The molecule has 1 aromatic carbocycles. The van der Waals surface area contributed by atoms with Crippen LogP contribution in [0.15, 0.2) is 36.5 Å². The Bertz CT molecular complexity index is 798. The summed E-state index contributed by atoms with van der Waals surface area (Å²) in [6.07, 6.45) is 3.56. The Hall–Kier alpha value is -1.82. The molecule has 0 radical (unpaired) electrons. The van der Waals surface area contributed by atoms with E-state index in [2.05, 4.69) is 4.98 Å². The van der Waals surface area contributed by atoms with E-state index in [1.54, 1.807) is 36.5 Å². The number of nitrogens with two attached hydrogens (primary N) is 1. The second kappa shape index (κ2) is 8.25. The molecule has 138 valence electrons. The number of pyridine rings is 1. The number of amides is 1. The van der Waals surface area contributed by atoms with Crippen molar-refractivity contribution in [1.29, 1.82) is 0 Å². The summed E-state index contributed by atoms with van der Waals surface area (Å²) in [5.74, 6) is 0.823. The number of likely N-dealkylation sites (tertiary alicyclic amines) is 1. The smallest absolute Gasteiger partial charge is 0.259 e. The molecule has 1 fully saturated rings. The Labute approximate surface area is 163 Å². The van der Waals surface area contributed by atoms with Crippen LogP contribution in [0.5, 0.6) is 11.6 Å². The standard InChI is InChI=1S/C19H21Cl2N3O2/c1-12(22)13-4-3-9-24(11-13)19(25)15-5-2-8-23-18(15)26-17-7-6-14(20)10-16(17)21/h2,5-8,10,12-13H,3-4,9,11,22H2,1H3/t12-,13+/m1/s1. The zero-order valence-corrected chi connectivity index (χ0v) is 16.0. The van der Waals surface area contributed by atoms with E-state index < -0.39 is 0 Å². The molecule has 0 unspecified atom stereocenters. The number of hydrogen-bond donors (Lipinski definition) is 1. The third-order valence-electron chi connectivity index (χ3n) is 4.59. The fourth-order valence-electron chi connectivity index (χ4n) is 3.09. The van der Waals surface area contributed by atoms with Crippen molar-refractivity contribution in [3.05, 3.63) is 52.1 Å². The van der Waals surface area contributed by atoms with E-state index in [0.717, 1.165) is 12.8 Å². The van der Waals surface area contributed by atoms with Gasteiger partial charge in [-0.15, -0.1) is 0 Å². The number of benzene rings is 1. The minimum absolute atomic E-state index is 0.0584. The maximum Gasteiger partial charge on any atom is 0.259 e. The van der Waals surface area contributed by atoms with Crippen LogP contribution < -0.4 is 10.5 Å². The van der Waals surface area contributed by atoms with Gasteiger partial charge in [0.05, 0.1) is 5.02 Å². The summed E-state index contributed by atoms with van der Waals surface area (Å²) < 4.78 is 5.81. The molecule has 7 heteroatoms. The highest BCUT2D eigenvalue weighted by atomic mass is 35.5. The summed E-state index contributed by atoms with van der Waals surface area (Å²) in [5.41, 5.74) is 6.43. The first kappa shape index (κ1) is 19.0. The number of ether oxygens (including phenoxy) is 1. The summed E-state index contributed by atoms with van der Waals surface area (Å²) in [6.45, 7) is 3.34. The lowest BCUT2D eigenvalue weighted by Crippen LogP contribution is -2.45. The highest BCUT2D eigenvalue weighted by Gasteiger charge is 2.28. The van der Waals surface area contributed by atoms with Gasteiger partial charge in [0.25, 0.3) is 5.91 Å². The predicted octanol–water partition coefficient (Wildman–Crippen LogP) is 4.38. The van der Waals surface area contributed by atoms with Gasteiger partial charge in [-0.25, -0.2) is 4.98 Å². The van der Waals surface area contributed by atoms with Gasteiger partial charge in [0.2, 0.25) is 5.88 Å². The molecule has 26 heavy (non-hydrogen) atoms. The Morgan fingerprint density at radius 3 is 2.92 bits per heavy atom. The number of piperidine rings is 1. The topological polar surface area (TPSA) is 68.5 Å². The zero-order chi connectivity index (χ0) is 18.7. The summed E-state index contributed by atoms with van der Waals surface area (Å²) in [7, 11) is 0. The minimum Gasteiger partial charge on any atom is -0.437 e. The van der Waals surface area contributed by atoms with Crippen LogP contribution in [0.3, 0.4) is 0 Å². The van der Waals surface area contributed by atoms with Gasteiger partial charge in [0.1, 0.15) is 11.3 Å². The van der Waals surface area contributed by atoms with Gasteiger partial charge in [-0.05, 0) is 56.0 Å². The molecule has 1 saturated heterocycles.